The lowest BCUT2D eigenvalue weighted by atomic mass is 9.98. The van der Waals surface area contributed by atoms with E-state index in [4.69, 9.17) is 17.1 Å². The summed E-state index contributed by atoms with van der Waals surface area (Å²) in [4.78, 5) is 20.6. The minimum Gasteiger partial charge on any atom is -0.364 e. The van der Waals surface area contributed by atoms with E-state index in [0.29, 0.717) is 12.2 Å². The van der Waals surface area contributed by atoms with E-state index in [1.807, 2.05) is 53.1 Å². The number of hydrogen-bond donors (Lipinski definition) is 1. The molecule has 0 saturated heterocycles. The van der Waals surface area contributed by atoms with E-state index in [0.717, 1.165) is 28.1 Å². The van der Waals surface area contributed by atoms with E-state index >= 15 is 0 Å². The Balaban J connectivity index is 2.01. The number of aromatic nitrogens is 2. The van der Waals surface area contributed by atoms with Gasteiger partial charge in [-0.05, 0) is 18.2 Å². The van der Waals surface area contributed by atoms with Crippen molar-refractivity contribution in [1.29, 1.82) is 0 Å². The average molecular weight is 326 g/mol. The number of imidazole rings is 1. The number of fused-ring (bicyclic) bond motifs is 3. The van der Waals surface area contributed by atoms with Crippen molar-refractivity contribution in [3.05, 3.63) is 82.9 Å². The molecule has 0 fully saturated rings. The molecule has 1 aliphatic heterocycles. The maximum atomic E-state index is 11.7. The second-order valence-corrected chi connectivity index (χ2v) is 5.68. The van der Waals surface area contributed by atoms with Crippen LogP contribution in [0, 0.1) is 12.3 Å². The van der Waals surface area contributed by atoms with Gasteiger partial charge in [0.25, 0.3) is 5.91 Å². The molecule has 4 rings (SSSR count). The van der Waals surface area contributed by atoms with Gasteiger partial charge < -0.3 is 5.73 Å². The number of rotatable bonds is 2. The maximum Gasteiger partial charge on any atom is 0.269 e. The molecule has 2 N–H and O–H groups in total. The first-order valence-corrected chi connectivity index (χ1v) is 7.76. The highest BCUT2D eigenvalue weighted by Crippen LogP contribution is 2.27. The van der Waals surface area contributed by atoms with Gasteiger partial charge in [-0.15, -0.1) is 6.42 Å². The number of amides is 1. The predicted molar refractivity (Wildman–Crippen MR) is 95.8 cm³/mol. The van der Waals surface area contributed by atoms with E-state index in [1.165, 1.54) is 0 Å². The van der Waals surface area contributed by atoms with Crippen molar-refractivity contribution in [2.24, 2.45) is 10.7 Å². The molecule has 0 bridgehead atoms. The Labute approximate surface area is 144 Å². The van der Waals surface area contributed by atoms with Gasteiger partial charge in [0.05, 0.1) is 23.6 Å². The second kappa shape index (κ2) is 5.77. The van der Waals surface area contributed by atoms with Gasteiger partial charge in [-0.25, -0.2) is 4.98 Å². The molecule has 0 radical (unpaired) electrons. The van der Waals surface area contributed by atoms with Gasteiger partial charge in [0.1, 0.15) is 6.33 Å². The summed E-state index contributed by atoms with van der Waals surface area (Å²) in [5.41, 5.74) is 10.7. The molecule has 120 valence electrons. The molecule has 0 atom stereocenters. The third-order valence-corrected chi connectivity index (χ3v) is 4.21. The van der Waals surface area contributed by atoms with Gasteiger partial charge in [0, 0.05) is 16.7 Å². The zero-order valence-electron chi connectivity index (χ0n) is 13.3. The van der Waals surface area contributed by atoms with Crippen LogP contribution in [0.15, 0.2) is 59.9 Å². The number of carbonyl (C=O) groups is 1. The third-order valence-electron chi connectivity index (χ3n) is 4.21. The second-order valence-electron chi connectivity index (χ2n) is 5.68. The van der Waals surface area contributed by atoms with Gasteiger partial charge >= 0.3 is 0 Å². The Morgan fingerprint density at radius 3 is 2.72 bits per heavy atom. The first kappa shape index (κ1) is 14.9. The van der Waals surface area contributed by atoms with E-state index in [9.17, 15) is 4.79 Å². The molecule has 25 heavy (non-hydrogen) atoms. The van der Waals surface area contributed by atoms with Crippen LogP contribution in [0.25, 0.3) is 5.69 Å². The number of carbonyl (C=O) groups excluding carboxylic acids is 1. The molecular formula is C20H14N4O. The summed E-state index contributed by atoms with van der Waals surface area (Å²) in [5.74, 6) is 2.10. The Kier molecular flexibility index (Phi) is 3.44. The van der Waals surface area contributed by atoms with Crippen molar-refractivity contribution < 1.29 is 4.79 Å². The zero-order chi connectivity index (χ0) is 17.4. The van der Waals surface area contributed by atoms with Crippen LogP contribution >= 0.6 is 0 Å². The zero-order valence-corrected chi connectivity index (χ0v) is 13.3. The fourth-order valence-corrected chi connectivity index (χ4v) is 3.05. The van der Waals surface area contributed by atoms with E-state index in [2.05, 4.69) is 10.9 Å². The highest BCUT2D eigenvalue weighted by molar-refractivity contribution is 6.15. The monoisotopic (exact) mass is 326 g/mol. The van der Waals surface area contributed by atoms with Crippen molar-refractivity contribution in [3.63, 3.8) is 0 Å². The van der Waals surface area contributed by atoms with Crippen LogP contribution in [0.4, 0.5) is 0 Å². The van der Waals surface area contributed by atoms with Gasteiger partial charge in [0.2, 0.25) is 0 Å². The van der Waals surface area contributed by atoms with Crippen LogP contribution in [-0.4, -0.2) is 21.2 Å². The van der Waals surface area contributed by atoms with Crippen molar-refractivity contribution in [1.82, 2.24) is 9.55 Å². The van der Waals surface area contributed by atoms with E-state index in [1.54, 1.807) is 6.33 Å². The van der Waals surface area contributed by atoms with Gasteiger partial charge in [-0.3, -0.25) is 14.4 Å². The van der Waals surface area contributed by atoms with Crippen molar-refractivity contribution in [2.75, 3.05) is 0 Å². The van der Waals surface area contributed by atoms with Crippen LogP contribution in [0.3, 0.4) is 0 Å². The molecule has 5 nitrogen and oxygen atoms in total. The smallest absolute Gasteiger partial charge is 0.269 e. The Morgan fingerprint density at radius 1 is 1.20 bits per heavy atom. The molecule has 0 aliphatic carbocycles. The molecule has 3 aromatic rings. The topological polar surface area (TPSA) is 73.3 Å². The summed E-state index contributed by atoms with van der Waals surface area (Å²) in [7, 11) is 0. The number of terminal acetylenes is 1. The maximum absolute atomic E-state index is 11.7. The van der Waals surface area contributed by atoms with Gasteiger partial charge in [-0.1, -0.05) is 36.3 Å². The van der Waals surface area contributed by atoms with Crippen molar-refractivity contribution in [2.45, 2.75) is 6.54 Å². The van der Waals surface area contributed by atoms with Crippen molar-refractivity contribution >= 4 is 11.6 Å². The lowest BCUT2D eigenvalue weighted by Crippen LogP contribution is -2.14. The molecule has 0 unspecified atom stereocenters. The summed E-state index contributed by atoms with van der Waals surface area (Å²) in [5, 5.41) is 0. The lowest BCUT2D eigenvalue weighted by Gasteiger charge is -2.12. The van der Waals surface area contributed by atoms with Crippen LogP contribution in [0.2, 0.25) is 0 Å². The van der Waals surface area contributed by atoms with Crippen LogP contribution in [0.5, 0.6) is 0 Å². The summed E-state index contributed by atoms with van der Waals surface area (Å²) < 4.78 is 1.86. The first-order chi connectivity index (χ1) is 12.2. The standard InChI is InChI=1S/C20H14N4O/c1-2-13-8-9-16-15(10-13)18(14-6-4-3-5-7-14)22-11-17-19(20(21)25)23-12-24(16)17/h1,3-10,12H,11H2,(H2,21,25). The molecule has 2 heterocycles. The summed E-state index contributed by atoms with van der Waals surface area (Å²) in [6.45, 7) is 0.308. The lowest BCUT2D eigenvalue weighted by molar-refractivity contribution is 0.0995. The fraction of sp³-hybridized carbons (Fsp3) is 0.0500. The third kappa shape index (κ3) is 2.41. The number of aliphatic imine (C=N–C) groups is 1. The molecule has 1 amide bonds. The number of benzene rings is 2. The molecule has 1 aromatic heterocycles. The molecule has 1 aliphatic rings. The highest BCUT2D eigenvalue weighted by atomic mass is 16.1. The largest absolute Gasteiger partial charge is 0.364 e. The Hall–Kier alpha value is -3.65. The van der Waals surface area contributed by atoms with Crippen LogP contribution in [-0.2, 0) is 6.54 Å². The number of primary amides is 1. The first-order valence-electron chi connectivity index (χ1n) is 7.76. The Morgan fingerprint density at radius 2 is 2.00 bits per heavy atom. The number of nitrogens with two attached hydrogens (primary N) is 1. The van der Waals surface area contributed by atoms with Crippen LogP contribution < -0.4 is 5.73 Å². The molecule has 5 heteroatoms. The van der Waals surface area contributed by atoms with Crippen molar-refractivity contribution in [3.8, 4) is 18.0 Å². The van der Waals surface area contributed by atoms with E-state index < -0.39 is 5.91 Å². The number of hydrogen-bond acceptors (Lipinski definition) is 3. The number of nitrogens with zero attached hydrogens (tertiary/aromatic N) is 3. The fourth-order valence-electron chi connectivity index (χ4n) is 3.05. The molecule has 0 spiro atoms. The van der Waals surface area contributed by atoms with Crippen LogP contribution in [0.1, 0.15) is 32.9 Å². The predicted octanol–water partition coefficient (Wildman–Crippen LogP) is 2.30. The van der Waals surface area contributed by atoms with Gasteiger partial charge in [-0.2, -0.15) is 0 Å². The minimum atomic E-state index is -0.561. The molecule has 0 saturated carbocycles. The normalized spacial score (nSPS) is 12.4. The molecular weight excluding hydrogens is 312 g/mol. The van der Waals surface area contributed by atoms with E-state index in [-0.39, 0.29) is 5.69 Å². The summed E-state index contributed by atoms with van der Waals surface area (Å²) in [6.07, 6.45) is 7.18. The highest BCUT2D eigenvalue weighted by Gasteiger charge is 2.23. The van der Waals surface area contributed by atoms with Gasteiger partial charge in [0.15, 0.2) is 5.69 Å². The Bertz CT molecular complexity index is 1060. The SMILES string of the molecule is C#Cc1ccc2c(c1)C(c1ccccc1)=NCc1c(C(N)=O)ncn1-2. The average Bonchev–Trinajstić information content (AvgIpc) is 3.00. The minimum absolute atomic E-state index is 0.241. The quantitative estimate of drug-likeness (QED) is 0.734. The summed E-state index contributed by atoms with van der Waals surface area (Å²) >= 11 is 0. The molecule has 2 aromatic carbocycles. The summed E-state index contributed by atoms with van der Waals surface area (Å²) in [6, 6.07) is 15.6.